The van der Waals surface area contributed by atoms with Gasteiger partial charge in [0, 0.05) is 0 Å². The quantitative estimate of drug-likeness (QED) is 0.371. The van der Waals surface area contributed by atoms with E-state index in [-0.39, 0.29) is 11.3 Å². The zero-order valence-electron chi connectivity index (χ0n) is 15.4. The van der Waals surface area contributed by atoms with Gasteiger partial charge in [0.25, 0.3) is 0 Å². The second-order valence-electron chi connectivity index (χ2n) is 5.89. The molecule has 0 spiro atoms. The van der Waals surface area contributed by atoms with E-state index in [0.29, 0.717) is 18.0 Å². The lowest BCUT2D eigenvalue weighted by atomic mass is 10.2. The smallest absolute Gasteiger partial charge is 0.340 e. The number of phenols is 1. The van der Waals surface area contributed by atoms with Gasteiger partial charge in [0.1, 0.15) is 11.5 Å². The molecule has 144 valence electrons. The number of esters is 1. The van der Waals surface area contributed by atoms with E-state index in [1.165, 1.54) is 12.1 Å². The number of urea groups is 1. The molecule has 2 aromatic rings. The molecule has 0 radical (unpaired) electrons. The predicted octanol–water partition coefficient (Wildman–Crippen LogP) is 3.90. The number of unbranched alkanes of at least 4 members (excludes halogenated alkanes) is 1. The number of ether oxygens (including phenoxy) is 2. The van der Waals surface area contributed by atoms with E-state index in [9.17, 15) is 14.7 Å². The molecule has 2 amide bonds. The van der Waals surface area contributed by atoms with E-state index in [1.807, 2.05) is 6.92 Å². The van der Waals surface area contributed by atoms with E-state index in [1.54, 1.807) is 43.3 Å². The summed E-state index contributed by atoms with van der Waals surface area (Å²) >= 11 is 0. The molecular formula is C20H24N2O5. The third kappa shape index (κ3) is 6.54. The summed E-state index contributed by atoms with van der Waals surface area (Å²) < 4.78 is 10.8. The number of hydrogen-bond acceptors (Lipinski definition) is 5. The fourth-order valence-electron chi connectivity index (χ4n) is 2.26. The van der Waals surface area contributed by atoms with Crippen molar-refractivity contribution in [1.82, 2.24) is 5.32 Å². The highest BCUT2D eigenvalue weighted by molar-refractivity contribution is 6.00. The summed E-state index contributed by atoms with van der Waals surface area (Å²) in [7, 11) is 0. The Bertz CT molecular complexity index is 761. The number of nitrogens with one attached hydrogen (secondary N) is 2. The molecular weight excluding hydrogens is 348 g/mol. The summed E-state index contributed by atoms with van der Waals surface area (Å²) in [4.78, 5) is 24.4. The first-order valence-electron chi connectivity index (χ1n) is 8.79. The Kier molecular flexibility index (Phi) is 7.49. The maximum absolute atomic E-state index is 12.2. The van der Waals surface area contributed by atoms with Crippen molar-refractivity contribution in [2.24, 2.45) is 0 Å². The third-order valence-electron chi connectivity index (χ3n) is 3.61. The molecule has 0 saturated carbocycles. The van der Waals surface area contributed by atoms with Crippen LogP contribution in [0.5, 0.6) is 11.5 Å². The number of rotatable bonds is 8. The van der Waals surface area contributed by atoms with Crippen molar-refractivity contribution in [3.8, 4) is 11.5 Å². The monoisotopic (exact) mass is 372 g/mol. The van der Waals surface area contributed by atoms with Crippen molar-refractivity contribution in [3.63, 3.8) is 0 Å². The number of amides is 2. The van der Waals surface area contributed by atoms with Gasteiger partial charge in [-0.2, -0.15) is 0 Å². The van der Waals surface area contributed by atoms with Gasteiger partial charge >= 0.3 is 12.0 Å². The highest BCUT2D eigenvalue weighted by Crippen LogP contribution is 2.18. The minimum absolute atomic E-state index is 0.128. The zero-order chi connectivity index (χ0) is 19.6. The van der Waals surface area contributed by atoms with Crippen LogP contribution in [-0.4, -0.2) is 29.9 Å². The van der Waals surface area contributed by atoms with Gasteiger partial charge in [-0.15, -0.1) is 0 Å². The van der Waals surface area contributed by atoms with Crippen LogP contribution in [0, 0.1) is 0 Å². The number of phenolic OH excluding ortho intramolecular Hbond substituents is 1. The van der Waals surface area contributed by atoms with Crippen LogP contribution in [0.25, 0.3) is 0 Å². The van der Waals surface area contributed by atoms with Crippen molar-refractivity contribution >= 4 is 17.7 Å². The lowest BCUT2D eigenvalue weighted by Gasteiger charge is -2.17. The van der Waals surface area contributed by atoms with Gasteiger partial charge in [0.05, 0.1) is 17.9 Å². The first-order valence-corrected chi connectivity index (χ1v) is 8.79. The van der Waals surface area contributed by atoms with Crippen molar-refractivity contribution in [1.29, 1.82) is 0 Å². The largest absolute Gasteiger partial charge is 0.508 e. The molecule has 27 heavy (non-hydrogen) atoms. The average Bonchev–Trinajstić information content (AvgIpc) is 2.64. The molecule has 0 aliphatic carbocycles. The minimum Gasteiger partial charge on any atom is -0.508 e. The second-order valence-corrected chi connectivity index (χ2v) is 5.89. The van der Waals surface area contributed by atoms with Gasteiger partial charge < -0.3 is 25.2 Å². The van der Waals surface area contributed by atoms with Gasteiger partial charge in [0.15, 0.2) is 6.23 Å². The molecule has 1 atom stereocenters. The van der Waals surface area contributed by atoms with Gasteiger partial charge in [-0.05, 0) is 49.7 Å². The summed E-state index contributed by atoms with van der Waals surface area (Å²) in [6.07, 6.45) is 1.08. The average molecular weight is 372 g/mol. The fourth-order valence-corrected chi connectivity index (χ4v) is 2.26. The van der Waals surface area contributed by atoms with Gasteiger partial charge in [0.2, 0.25) is 0 Å². The fraction of sp³-hybridized carbons (Fsp3) is 0.300. The number of carbonyl (C=O) groups excluding carboxylic acids is 2. The number of anilines is 1. The molecule has 7 heteroatoms. The number of benzene rings is 2. The van der Waals surface area contributed by atoms with Crippen molar-refractivity contribution in [2.75, 3.05) is 11.9 Å². The summed E-state index contributed by atoms with van der Waals surface area (Å²) in [6, 6.07) is 12.3. The predicted molar refractivity (Wildman–Crippen MR) is 102 cm³/mol. The number of carbonyl (C=O) groups is 2. The van der Waals surface area contributed by atoms with E-state index >= 15 is 0 Å². The van der Waals surface area contributed by atoms with E-state index in [2.05, 4.69) is 10.6 Å². The molecule has 2 rings (SSSR count). The van der Waals surface area contributed by atoms with Gasteiger partial charge in [-0.25, -0.2) is 9.59 Å². The first kappa shape index (κ1) is 20.1. The normalized spacial score (nSPS) is 11.3. The van der Waals surface area contributed by atoms with Crippen LogP contribution in [-0.2, 0) is 4.74 Å². The van der Waals surface area contributed by atoms with Crippen LogP contribution < -0.4 is 15.4 Å². The van der Waals surface area contributed by atoms with Crippen LogP contribution in [0.15, 0.2) is 48.5 Å². The molecule has 0 heterocycles. The molecule has 0 aromatic heterocycles. The number of hydrogen-bond donors (Lipinski definition) is 3. The summed E-state index contributed by atoms with van der Waals surface area (Å²) in [5, 5.41) is 14.5. The van der Waals surface area contributed by atoms with Crippen LogP contribution in [0.1, 0.15) is 37.0 Å². The van der Waals surface area contributed by atoms with E-state index in [0.717, 1.165) is 12.8 Å². The molecule has 2 aromatic carbocycles. The maximum atomic E-state index is 12.2. The minimum atomic E-state index is -0.627. The maximum Gasteiger partial charge on any atom is 0.340 e. The Morgan fingerprint density at radius 3 is 2.52 bits per heavy atom. The molecule has 7 nitrogen and oxygen atoms in total. The SMILES string of the molecule is CCCCOC(=O)c1ccccc1NC(=O)NC(C)Oc1ccc(O)cc1. The third-order valence-corrected chi connectivity index (χ3v) is 3.61. The van der Waals surface area contributed by atoms with Crippen LogP contribution >= 0.6 is 0 Å². The van der Waals surface area contributed by atoms with E-state index < -0.39 is 18.2 Å². The number of para-hydroxylation sites is 1. The van der Waals surface area contributed by atoms with Crippen molar-refractivity contribution in [2.45, 2.75) is 32.9 Å². The highest BCUT2D eigenvalue weighted by atomic mass is 16.5. The second kappa shape index (κ2) is 10.1. The lowest BCUT2D eigenvalue weighted by molar-refractivity contribution is 0.0501. The molecule has 0 saturated heterocycles. The Morgan fingerprint density at radius 1 is 1.11 bits per heavy atom. The van der Waals surface area contributed by atoms with Gasteiger partial charge in [-0.1, -0.05) is 25.5 Å². The summed E-state index contributed by atoms with van der Waals surface area (Å²) in [6.45, 7) is 4.01. The molecule has 1 unspecified atom stereocenters. The molecule has 3 N–H and O–H groups in total. The lowest BCUT2D eigenvalue weighted by Crippen LogP contribution is -2.39. The van der Waals surface area contributed by atoms with Crippen molar-refractivity contribution < 1.29 is 24.2 Å². The standard InChI is InChI=1S/C20H24N2O5/c1-3-4-13-26-19(24)17-7-5-6-8-18(17)22-20(25)21-14(2)27-16-11-9-15(23)10-12-16/h5-12,14,23H,3-4,13H2,1-2H3,(H2,21,22,25). The highest BCUT2D eigenvalue weighted by Gasteiger charge is 2.15. The molecule has 0 aliphatic rings. The van der Waals surface area contributed by atoms with Crippen LogP contribution in [0.3, 0.4) is 0 Å². The molecule has 0 aliphatic heterocycles. The Labute approximate surface area is 158 Å². The Balaban J connectivity index is 1.93. The van der Waals surface area contributed by atoms with Crippen molar-refractivity contribution in [3.05, 3.63) is 54.1 Å². The van der Waals surface area contributed by atoms with Crippen LogP contribution in [0.4, 0.5) is 10.5 Å². The zero-order valence-corrected chi connectivity index (χ0v) is 15.4. The first-order chi connectivity index (χ1) is 13.0. The topological polar surface area (TPSA) is 96.9 Å². The summed E-state index contributed by atoms with van der Waals surface area (Å²) in [5.74, 6) is 0.149. The molecule has 0 bridgehead atoms. The Morgan fingerprint density at radius 2 is 1.81 bits per heavy atom. The molecule has 0 fully saturated rings. The van der Waals surface area contributed by atoms with E-state index in [4.69, 9.17) is 9.47 Å². The number of aromatic hydroxyl groups is 1. The van der Waals surface area contributed by atoms with Gasteiger partial charge in [-0.3, -0.25) is 0 Å². The Hall–Kier alpha value is -3.22. The summed E-state index contributed by atoms with van der Waals surface area (Å²) in [5.41, 5.74) is 0.643. The van der Waals surface area contributed by atoms with Crippen LogP contribution in [0.2, 0.25) is 0 Å².